The molecular formula is C9H12N2O6S2. The Hall–Kier alpha value is -1.68. The molecule has 0 aliphatic heterocycles. The summed E-state index contributed by atoms with van der Waals surface area (Å²) in [5.74, 6) is -1.96. The number of rotatable bonds is 6. The summed E-state index contributed by atoms with van der Waals surface area (Å²) >= 11 is 0.938. The maximum atomic E-state index is 11.8. The standard InChI is InChI=1S/C9H12N2O6S2/c1-5(8(14)17-2)19(15,16)11-9-10-6(4-18-9)3-7(12)13/h4-5H,3H2,1-2H3,(H,10,11)(H,12,13). The molecule has 0 radical (unpaired) electrons. The molecule has 0 fully saturated rings. The van der Waals surface area contributed by atoms with E-state index in [9.17, 15) is 18.0 Å². The summed E-state index contributed by atoms with van der Waals surface area (Å²) in [4.78, 5) is 25.4. The summed E-state index contributed by atoms with van der Waals surface area (Å²) < 4.78 is 30.0. The minimum absolute atomic E-state index is 0.00648. The van der Waals surface area contributed by atoms with Crippen LogP contribution in [0.2, 0.25) is 0 Å². The summed E-state index contributed by atoms with van der Waals surface area (Å²) in [5.41, 5.74) is 0.237. The Labute approximate surface area is 113 Å². The van der Waals surface area contributed by atoms with Gasteiger partial charge < -0.3 is 9.84 Å². The largest absolute Gasteiger partial charge is 0.481 e. The van der Waals surface area contributed by atoms with Crippen molar-refractivity contribution in [2.45, 2.75) is 18.6 Å². The van der Waals surface area contributed by atoms with Gasteiger partial charge in [-0.05, 0) is 6.92 Å². The fraction of sp³-hybridized carbons (Fsp3) is 0.444. The van der Waals surface area contributed by atoms with Crippen molar-refractivity contribution in [2.24, 2.45) is 0 Å². The molecule has 1 aromatic heterocycles. The molecule has 10 heteroatoms. The third-order valence-electron chi connectivity index (χ3n) is 2.11. The number of thiazole rings is 1. The van der Waals surface area contributed by atoms with Gasteiger partial charge >= 0.3 is 11.9 Å². The van der Waals surface area contributed by atoms with Gasteiger partial charge in [0.25, 0.3) is 0 Å². The average molecular weight is 308 g/mol. The highest BCUT2D eigenvalue weighted by atomic mass is 32.2. The third kappa shape index (κ3) is 4.17. The highest BCUT2D eigenvalue weighted by Gasteiger charge is 2.29. The highest BCUT2D eigenvalue weighted by molar-refractivity contribution is 7.94. The molecule has 1 atom stereocenters. The van der Waals surface area contributed by atoms with Gasteiger partial charge in [-0.1, -0.05) is 0 Å². The van der Waals surface area contributed by atoms with E-state index in [0.29, 0.717) is 0 Å². The molecule has 0 saturated heterocycles. The quantitative estimate of drug-likeness (QED) is 0.713. The van der Waals surface area contributed by atoms with Crippen LogP contribution in [0.3, 0.4) is 0 Å². The van der Waals surface area contributed by atoms with Crippen molar-refractivity contribution >= 4 is 38.4 Å². The van der Waals surface area contributed by atoms with Crippen LogP contribution in [0.15, 0.2) is 5.38 Å². The van der Waals surface area contributed by atoms with Gasteiger partial charge in [0.1, 0.15) is 0 Å². The van der Waals surface area contributed by atoms with Crippen molar-refractivity contribution in [3.05, 3.63) is 11.1 Å². The van der Waals surface area contributed by atoms with Crippen LogP contribution in [0.4, 0.5) is 5.13 Å². The zero-order valence-electron chi connectivity index (χ0n) is 10.1. The Kier molecular flexibility index (Phi) is 4.84. The van der Waals surface area contributed by atoms with E-state index in [-0.39, 0.29) is 17.2 Å². The lowest BCUT2D eigenvalue weighted by atomic mass is 10.3. The molecule has 1 heterocycles. The first-order chi connectivity index (χ1) is 8.76. The van der Waals surface area contributed by atoms with E-state index in [1.165, 1.54) is 12.3 Å². The first kappa shape index (κ1) is 15.4. The molecule has 19 heavy (non-hydrogen) atoms. The van der Waals surface area contributed by atoms with E-state index in [1.807, 2.05) is 0 Å². The molecule has 0 aromatic carbocycles. The molecule has 1 rings (SSSR count). The second kappa shape index (κ2) is 5.97. The van der Waals surface area contributed by atoms with Crippen LogP contribution < -0.4 is 4.72 Å². The number of anilines is 1. The number of carboxylic acid groups (broad SMARTS) is 1. The summed E-state index contributed by atoms with van der Waals surface area (Å²) in [5, 5.41) is 8.61. The number of sulfonamides is 1. The minimum Gasteiger partial charge on any atom is -0.481 e. The van der Waals surface area contributed by atoms with Gasteiger partial charge in [0.15, 0.2) is 10.4 Å². The van der Waals surface area contributed by atoms with E-state index in [0.717, 1.165) is 18.4 Å². The lowest BCUT2D eigenvalue weighted by Gasteiger charge is -2.10. The smallest absolute Gasteiger partial charge is 0.325 e. The van der Waals surface area contributed by atoms with Gasteiger partial charge in [0.05, 0.1) is 19.2 Å². The van der Waals surface area contributed by atoms with Crippen LogP contribution in [0.1, 0.15) is 12.6 Å². The fourth-order valence-corrected chi connectivity index (χ4v) is 3.00. The SMILES string of the molecule is COC(=O)C(C)S(=O)(=O)Nc1nc(CC(=O)O)cs1. The average Bonchev–Trinajstić information content (AvgIpc) is 2.72. The zero-order chi connectivity index (χ0) is 14.6. The topological polar surface area (TPSA) is 123 Å². The Bertz CT molecular complexity index is 579. The number of ether oxygens (including phenoxy) is 1. The van der Waals surface area contributed by atoms with Crippen molar-refractivity contribution in [3.63, 3.8) is 0 Å². The molecule has 0 aliphatic carbocycles. The van der Waals surface area contributed by atoms with Crippen molar-refractivity contribution in [3.8, 4) is 0 Å². The Morgan fingerprint density at radius 2 is 2.21 bits per heavy atom. The van der Waals surface area contributed by atoms with Gasteiger partial charge in [-0.25, -0.2) is 13.4 Å². The number of nitrogens with zero attached hydrogens (tertiary/aromatic N) is 1. The monoisotopic (exact) mass is 308 g/mol. The maximum absolute atomic E-state index is 11.8. The number of aliphatic carboxylic acids is 1. The van der Waals surface area contributed by atoms with Crippen LogP contribution in [-0.4, -0.2) is 42.8 Å². The summed E-state index contributed by atoms with van der Waals surface area (Å²) in [6, 6.07) is 0. The molecule has 0 saturated carbocycles. The predicted octanol–water partition coefficient (Wildman–Crippen LogP) is 0.0734. The second-order valence-electron chi connectivity index (χ2n) is 3.53. The molecule has 0 bridgehead atoms. The maximum Gasteiger partial charge on any atom is 0.325 e. The summed E-state index contributed by atoms with van der Waals surface area (Å²) in [7, 11) is -2.88. The van der Waals surface area contributed by atoms with Crippen LogP contribution in [-0.2, 0) is 30.8 Å². The van der Waals surface area contributed by atoms with Crippen molar-refractivity contribution in [2.75, 3.05) is 11.8 Å². The number of hydrogen-bond acceptors (Lipinski definition) is 7. The van der Waals surface area contributed by atoms with E-state index in [4.69, 9.17) is 5.11 Å². The Balaban J connectivity index is 2.81. The van der Waals surface area contributed by atoms with E-state index in [2.05, 4.69) is 14.4 Å². The molecule has 2 N–H and O–H groups in total. The van der Waals surface area contributed by atoms with E-state index in [1.54, 1.807) is 0 Å². The lowest BCUT2D eigenvalue weighted by molar-refractivity contribution is -0.140. The molecule has 106 valence electrons. The number of carboxylic acids is 1. The van der Waals surface area contributed by atoms with Gasteiger partial charge in [-0.3, -0.25) is 14.3 Å². The van der Waals surface area contributed by atoms with Crippen LogP contribution in [0.25, 0.3) is 0 Å². The first-order valence-electron chi connectivity index (χ1n) is 5.02. The van der Waals surface area contributed by atoms with Gasteiger partial charge in [-0.2, -0.15) is 0 Å². The molecular weight excluding hydrogens is 296 g/mol. The molecule has 0 spiro atoms. The number of hydrogen-bond donors (Lipinski definition) is 2. The normalized spacial score (nSPS) is 12.7. The number of carbonyl (C=O) groups is 2. The number of esters is 1. The number of carbonyl (C=O) groups excluding carboxylic acids is 1. The highest BCUT2D eigenvalue weighted by Crippen LogP contribution is 2.18. The predicted molar refractivity (Wildman–Crippen MR) is 67.5 cm³/mol. The molecule has 0 amide bonds. The number of methoxy groups -OCH3 is 1. The van der Waals surface area contributed by atoms with Crippen LogP contribution in [0.5, 0.6) is 0 Å². The van der Waals surface area contributed by atoms with Gasteiger partial charge in [0, 0.05) is 5.38 Å². The Morgan fingerprint density at radius 3 is 2.74 bits per heavy atom. The van der Waals surface area contributed by atoms with Crippen molar-refractivity contribution in [1.29, 1.82) is 0 Å². The fourth-order valence-electron chi connectivity index (χ4n) is 1.09. The van der Waals surface area contributed by atoms with Crippen LogP contribution in [0, 0.1) is 0 Å². The number of aromatic nitrogens is 1. The molecule has 0 aliphatic rings. The number of nitrogens with one attached hydrogen (secondary N) is 1. The lowest BCUT2D eigenvalue weighted by Crippen LogP contribution is -2.33. The van der Waals surface area contributed by atoms with Crippen LogP contribution >= 0.6 is 11.3 Å². The van der Waals surface area contributed by atoms with Gasteiger partial charge in [0.2, 0.25) is 10.0 Å². The molecule has 1 aromatic rings. The third-order valence-corrected chi connectivity index (χ3v) is 4.65. The summed E-state index contributed by atoms with van der Waals surface area (Å²) in [6.45, 7) is 1.18. The minimum atomic E-state index is -3.96. The van der Waals surface area contributed by atoms with E-state index < -0.39 is 27.2 Å². The van der Waals surface area contributed by atoms with Crippen molar-refractivity contribution in [1.82, 2.24) is 4.98 Å². The molecule has 1 unspecified atom stereocenters. The second-order valence-corrected chi connectivity index (χ2v) is 6.39. The first-order valence-corrected chi connectivity index (χ1v) is 7.44. The molecule has 8 nitrogen and oxygen atoms in total. The van der Waals surface area contributed by atoms with Crippen molar-refractivity contribution < 1.29 is 27.9 Å². The zero-order valence-corrected chi connectivity index (χ0v) is 11.7. The van der Waals surface area contributed by atoms with E-state index >= 15 is 0 Å². The Morgan fingerprint density at radius 1 is 1.58 bits per heavy atom. The summed E-state index contributed by atoms with van der Waals surface area (Å²) in [6.07, 6.45) is -0.301. The van der Waals surface area contributed by atoms with Gasteiger partial charge in [-0.15, -0.1) is 11.3 Å².